The molecule has 1 saturated heterocycles. The van der Waals surface area contributed by atoms with Gasteiger partial charge in [-0.1, -0.05) is 6.07 Å². The third-order valence-corrected chi connectivity index (χ3v) is 5.00. The maximum Gasteiger partial charge on any atom is 0.255 e. The zero-order valence-electron chi connectivity index (χ0n) is 17.3. The summed E-state index contributed by atoms with van der Waals surface area (Å²) >= 11 is 0. The predicted octanol–water partition coefficient (Wildman–Crippen LogP) is -0.131. The predicted molar refractivity (Wildman–Crippen MR) is 108 cm³/mol. The molecule has 2 heterocycles. The molecule has 1 aromatic carbocycles. The molecule has 0 aromatic heterocycles. The largest absolute Gasteiger partial charge is 0.491 e. The molecule has 10 nitrogen and oxygen atoms in total. The van der Waals surface area contributed by atoms with Gasteiger partial charge in [0.1, 0.15) is 18.4 Å². The molecule has 1 atom stereocenters. The molecule has 2 N–H and O–H groups in total. The average molecular weight is 436 g/mol. The molecule has 3 amide bonds. The zero-order valence-corrected chi connectivity index (χ0v) is 17.3. The van der Waals surface area contributed by atoms with Crippen LogP contribution in [0.15, 0.2) is 18.2 Å². The van der Waals surface area contributed by atoms with Crippen LogP contribution < -0.4 is 10.1 Å². The summed E-state index contributed by atoms with van der Waals surface area (Å²) in [5.74, 6) is -0.391. The van der Waals surface area contributed by atoms with E-state index < -0.39 is 11.9 Å². The highest BCUT2D eigenvalue weighted by atomic mass is 16.6. The first-order valence-corrected chi connectivity index (χ1v) is 10.3. The molecule has 3 rings (SSSR count). The summed E-state index contributed by atoms with van der Waals surface area (Å²) in [6.45, 7) is 2.95. The first-order valence-electron chi connectivity index (χ1n) is 10.3. The number of carbonyl (C=O) groups excluding carboxylic acids is 3. The molecular weight excluding hydrogens is 408 g/mol. The van der Waals surface area contributed by atoms with Gasteiger partial charge in [0.2, 0.25) is 11.8 Å². The Kier molecular flexibility index (Phi) is 8.77. The molecule has 0 bridgehead atoms. The van der Waals surface area contributed by atoms with Gasteiger partial charge in [-0.05, 0) is 18.6 Å². The Hall–Kier alpha value is -2.53. The van der Waals surface area contributed by atoms with Gasteiger partial charge in [0, 0.05) is 17.5 Å². The summed E-state index contributed by atoms with van der Waals surface area (Å²) in [4.78, 5) is 37.8. The van der Waals surface area contributed by atoms with Gasteiger partial charge in [-0.15, -0.1) is 0 Å². The van der Waals surface area contributed by atoms with E-state index in [1.165, 1.54) is 4.90 Å². The van der Waals surface area contributed by atoms with Gasteiger partial charge in [0.25, 0.3) is 5.91 Å². The second-order valence-corrected chi connectivity index (χ2v) is 7.09. The number of nitrogens with one attached hydrogen (secondary N) is 1. The molecule has 10 heteroatoms. The second-order valence-electron chi connectivity index (χ2n) is 7.09. The Bertz CT molecular complexity index is 785. The van der Waals surface area contributed by atoms with E-state index in [-0.39, 0.29) is 31.4 Å². The fourth-order valence-corrected chi connectivity index (χ4v) is 3.51. The van der Waals surface area contributed by atoms with E-state index in [4.69, 9.17) is 24.1 Å². The third kappa shape index (κ3) is 6.23. The molecule has 170 valence electrons. The van der Waals surface area contributed by atoms with Gasteiger partial charge in [-0.25, -0.2) is 0 Å². The second kappa shape index (κ2) is 11.8. The highest BCUT2D eigenvalue weighted by Gasteiger charge is 2.40. The lowest BCUT2D eigenvalue weighted by atomic mass is 10.0. The quantitative estimate of drug-likeness (QED) is 0.324. The van der Waals surface area contributed by atoms with Gasteiger partial charge >= 0.3 is 0 Å². The van der Waals surface area contributed by atoms with Crippen LogP contribution in [0.25, 0.3) is 0 Å². The SMILES string of the molecule is O=C1CCC(N2Cc3c(OCCOCCOCCOCCO)cccc3C2=O)C(=O)N1. The third-order valence-electron chi connectivity index (χ3n) is 5.00. The normalized spacial score (nSPS) is 18.3. The van der Waals surface area contributed by atoms with Crippen molar-refractivity contribution in [3.8, 4) is 5.75 Å². The summed E-state index contributed by atoms with van der Waals surface area (Å²) in [6.07, 6.45) is 0.542. The summed E-state index contributed by atoms with van der Waals surface area (Å²) < 4.78 is 21.7. The van der Waals surface area contributed by atoms with Crippen molar-refractivity contribution >= 4 is 17.7 Å². The van der Waals surface area contributed by atoms with Crippen LogP contribution in [-0.2, 0) is 30.3 Å². The Labute approximate surface area is 180 Å². The molecule has 0 saturated carbocycles. The topological polar surface area (TPSA) is 124 Å². The van der Waals surface area contributed by atoms with Gasteiger partial charge in [-0.3, -0.25) is 19.7 Å². The molecule has 0 aliphatic carbocycles. The zero-order chi connectivity index (χ0) is 22.1. The number of benzene rings is 1. The van der Waals surface area contributed by atoms with Gasteiger partial charge in [0.15, 0.2) is 0 Å². The van der Waals surface area contributed by atoms with Crippen molar-refractivity contribution in [3.63, 3.8) is 0 Å². The molecule has 1 fully saturated rings. The lowest BCUT2D eigenvalue weighted by molar-refractivity contribution is -0.136. The fourth-order valence-electron chi connectivity index (χ4n) is 3.51. The van der Waals surface area contributed by atoms with Crippen molar-refractivity contribution < 1.29 is 38.4 Å². The number of carbonyl (C=O) groups is 3. The van der Waals surface area contributed by atoms with E-state index in [9.17, 15) is 14.4 Å². The number of hydrogen-bond acceptors (Lipinski definition) is 8. The highest BCUT2D eigenvalue weighted by molar-refractivity contribution is 6.05. The minimum Gasteiger partial charge on any atom is -0.491 e. The summed E-state index contributed by atoms with van der Waals surface area (Å²) in [5.41, 5.74) is 1.25. The molecule has 1 aromatic rings. The monoisotopic (exact) mass is 436 g/mol. The smallest absolute Gasteiger partial charge is 0.255 e. The van der Waals surface area contributed by atoms with Crippen molar-refractivity contribution in [3.05, 3.63) is 29.3 Å². The standard InChI is InChI=1S/C21H28N2O8/c24-6-7-28-8-9-29-10-11-30-12-13-31-18-3-1-2-15-16(18)14-23(21(15)27)17-4-5-19(25)22-20(17)26/h1-3,17,24H,4-14H2,(H,22,25,26). The van der Waals surface area contributed by atoms with E-state index in [2.05, 4.69) is 5.32 Å². The fraction of sp³-hybridized carbons (Fsp3) is 0.571. The number of hydrogen-bond donors (Lipinski definition) is 2. The number of aliphatic hydroxyl groups is 1. The molecule has 2 aliphatic rings. The van der Waals surface area contributed by atoms with Crippen LogP contribution >= 0.6 is 0 Å². The summed E-state index contributed by atoms with van der Waals surface area (Å²) in [6, 6.07) is 4.60. The lowest BCUT2D eigenvalue weighted by Gasteiger charge is -2.29. The van der Waals surface area contributed by atoms with Crippen LogP contribution in [0.1, 0.15) is 28.8 Å². The van der Waals surface area contributed by atoms with Crippen LogP contribution in [0.5, 0.6) is 5.75 Å². The maximum atomic E-state index is 12.8. The van der Waals surface area contributed by atoms with E-state index in [0.717, 1.165) is 5.56 Å². The summed E-state index contributed by atoms with van der Waals surface area (Å²) in [5, 5.41) is 10.9. The maximum absolute atomic E-state index is 12.8. The molecular formula is C21H28N2O8. The van der Waals surface area contributed by atoms with Gasteiger partial charge in [0.05, 0.1) is 52.8 Å². The number of amides is 3. The number of fused-ring (bicyclic) bond motifs is 1. The first kappa shape index (κ1) is 23.1. The molecule has 1 unspecified atom stereocenters. The van der Waals surface area contributed by atoms with Crippen LogP contribution in [0.4, 0.5) is 0 Å². The number of imide groups is 1. The van der Waals surface area contributed by atoms with Crippen LogP contribution in [0.2, 0.25) is 0 Å². The average Bonchev–Trinajstić information content (AvgIpc) is 3.09. The van der Waals surface area contributed by atoms with E-state index in [1.807, 2.05) is 0 Å². The van der Waals surface area contributed by atoms with Crippen LogP contribution in [-0.4, -0.2) is 86.6 Å². The number of nitrogens with zero attached hydrogens (tertiary/aromatic N) is 1. The van der Waals surface area contributed by atoms with Crippen molar-refractivity contribution in [2.45, 2.75) is 25.4 Å². The Balaban J connectivity index is 1.40. The Morgan fingerprint density at radius 2 is 1.65 bits per heavy atom. The number of aliphatic hydroxyl groups excluding tert-OH is 1. The number of ether oxygens (including phenoxy) is 4. The minimum atomic E-state index is -0.650. The minimum absolute atomic E-state index is 0.00313. The lowest BCUT2D eigenvalue weighted by Crippen LogP contribution is -2.52. The molecule has 0 radical (unpaired) electrons. The van der Waals surface area contributed by atoms with E-state index >= 15 is 0 Å². The van der Waals surface area contributed by atoms with Gasteiger partial charge in [-0.2, -0.15) is 0 Å². The van der Waals surface area contributed by atoms with Crippen molar-refractivity contribution in [1.82, 2.24) is 10.2 Å². The summed E-state index contributed by atoms with van der Waals surface area (Å²) in [7, 11) is 0. The number of piperidine rings is 1. The van der Waals surface area contributed by atoms with E-state index in [0.29, 0.717) is 64.0 Å². The molecule has 0 spiro atoms. The first-order chi connectivity index (χ1) is 15.1. The van der Waals surface area contributed by atoms with Crippen molar-refractivity contribution in [2.24, 2.45) is 0 Å². The Morgan fingerprint density at radius 1 is 0.968 bits per heavy atom. The van der Waals surface area contributed by atoms with Crippen LogP contribution in [0.3, 0.4) is 0 Å². The van der Waals surface area contributed by atoms with Crippen LogP contribution in [0, 0.1) is 0 Å². The number of rotatable bonds is 13. The molecule has 31 heavy (non-hydrogen) atoms. The van der Waals surface area contributed by atoms with Crippen molar-refractivity contribution in [2.75, 3.05) is 52.9 Å². The van der Waals surface area contributed by atoms with Crippen molar-refractivity contribution in [1.29, 1.82) is 0 Å². The molecule has 2 aliphatic heterocycles. The van der Waals surface area contributed by atoms with Gasteiger partial charge < -0.3 is 29.0 Å². The van der Waals surface area contributed by atoms with E-state index in [1.54, 1.807) is 18.2 Å². The Morgan fingerprint density at radius 3 is 2.32 bits per heavy atom. The highest BCUT2D eigenvalue weighted by Crippen LogP contribution is 2.33.